The summed E-state index contributed by atoms with van der Waals surface area (Å²) in [7, 11) is 0. The second-order valence-electron chi connectivity index (χ2n) is 6.65. The van der Waals surface area contributed by atoms with Gasteiger partial charge in [0.25, 0.3) is 0 Å². The van der Waals surface area contributed by atoms with Gasteiger partial charge in [0.2, 0.25) is 0 Å². The molecule has 0 heterocycles. The van der Waals surface area contributed by atoms with E-state index in [1.54, 1.807) is 11.1 Å². The molecule has 0 spiro atoms. The Hall–Kier alpha value is -1.56. The van der Waals surface area contributed by atoms with Crippen LogP contribution in [0.15, 0.2) is 54.1 Å². The number of allylic oxidation sites excluding steroid dienone is 6. The van der Waals surface area contributed by atoms with E-state index in [1.807, 2.05) is 0 Å². The molecule has 1 atom stereocenters. The highest BCUT2D eigenvalue weighted by atomic mass is 14.5. The van der Waals surface area contributed by atoms with Crippen LogP contribution in [0.3, 0.4) is 0 Å². The third-order valence-corrected chi connectivity index (χ3v) is 5.21. The Labute approximate surface area is 122 Å². The van der Waals surface area contributed by atoms with Gasteiger partial charge in [0.05, 0.1) is 0 Å². The zero-order chi connectivity index (χ0) is 14.3. The number of benzene rings is 1. The molecule has 0 saturated heterocycles. The molecule has 2 aliphatic rings. The summed E-state index contributed by atoms with van der Waals surface area (Å²) in [5.41, 5.74) is 6.37. The average molecular weight is 264 g/mol. The lowest BCUT2D eigenvalue weighted by atomic mass is 9.66. The van der Waals surface area contributed by atoms with Crippen LogP contribution in [0.4, 0.5) is 0 Å². The fraction of sp³-hybridized carbons (Fsp3) is 0.400. The van der Waals surface area contributed by atoms with Crippen molar-refractivity contribution in [2.45, 2.75) is 40.0 Å². The SMILES string of the molecule is CCC1=C(C)C(C(C)(C)C2C=CC=C2)c2ccccc21. The molecule has 3 rings (SSSR count). The van der Waals surface area contributed by atoms with Crippen molar-refractivity contribution in [1.82, 2.24) is 0 Å². The fourth-order valence-electron chi connectivity index (χ4n) is 4.19. The first kappa shape index (κ1) is 13.4. The first-order valence-electron chi connectivity index (χ1n) is 7.71. The molecule has 0 fully saturated rings. The van der Waals surface area contributed by atoms with Crippen LogP contribution in [0, 0.1) is 11.3 Å². The molecule has 0 saturated carbocycles. The van der Waals surface area contributed by atoms with Gasteiger partial charge in [-0.05, 0) is 35.5 Å². The van der Waals surface area contributed by atoms with Crippen molar-refractivity contribution in [3.8, 4) is 0 Å². The maximum Gasteiger partial charge on any atom is 0.0117 e. The fourth-order valence-corrected chi connectivity index (χ4v) is 4.19. The van der Waals surface area contributed by atoms with E-state index < -0.39 is 0 Å². The Bertz CT molecular complexity index is 599. The Kier molecular flexibility index (Phi) is 3.20. The summed E-state index contributed by atoms with van der Waals surface area (Å²) >= 11 is 0. The summed E-state index contributed by atoms with van der Waals surface area (Å²) < 4.78 is 0. The van der Waals surface area contributed by atoms with Gasteiger partial charge in [0.1, 0.15) is 0 Å². The largest absolute Gasteiger partial charge is 0.0771 e. The van der Waals surface area contributed by atoms with Gasteiger partial charge >= 0.3 is 0 Å². The zero-order valence-corrected chi connectivity index (χ0v) is 13.0. The number of fused-ring (bicyclic) bond motifs is 1. The van der Waals surface area contributed by atoms with Gasteiger partial charge in [-0.2, -0.15) is 0 Å². The molecule has 1 unspecified atom stereocenters. The van der Waals surface area contributed by atoms with Crippen molar-refractivity contribution in [1.29, 1.82) is 0 Å². The molecule has 1 aromatic carbocycles. The van der Waals surface area contributed by atoms with E-state index in [0.29, 0.717) is 11.8 Å². The molecule has 104 valence electrons. The van der Waals surface area contributed by atoms with Crippen LogP contribution in [0.2, 0.25) is 0 Å². The van der Waals surface area contributed by atoms with E-state index in [4.69, 9.17) is 0 Å². The van der Waals surface area contributed by atoms with Gasteiger partial charge in [-0.1, -0.05) is 74.9 Å². The average Bonchev–Trinajstić information content (AvgIpc) is 3.04. The predicted octanol–water partition coefficient (Wildman–Crippen LogP) is 5.74. The molecular weight excluding hydrogens is 240 g/mol. The molecule has 2 aliphatic carbocycles. The van der Waals surface area contributed by atoms with Gasteiger partial charge in [0.15, 0.2) is 0 Å². The summed E-state index contributed by atoms with van der Waals surface area (Å²) in [5, 5.41) is 0. The van der Waals surface area contributed by atoms with Gasteiger partial charge in [0, 0.05) is 11.8 Å². The normalized spacial score (nSPS) is 21.9. The molecule has 0 aliphatic heterocycles. The topological polar surface area (TPSA) is 0 Å². The number of rotatable bonds is 3. The van der Waals surface area contributed by atoms with Crippen molar-refractivity contribution in [2.75, 3.05) is 0 Å². The Morgan fingerprint density at radius 2 is 1.70 bits per heavy atom. The second-order valence-corrected chi connectivity index (χ2v) is 6.65. The van der Waals surface area contributed by atoms with Crippen LogP contribution in [0.5, 0.6) is 0 Å². The molecule has 0 heteroatoms. The monoisotopic (exact) mass is 264 g/mol. The highest BCUT2D eigenvalue weighted by Crippen LogP contribution is 2.55. The third-order valence-electron chi connectivity index (χ3n) is 5.21. The molecular formula is C20H24. The van der Waals surface area contributed by atoms with Crippen molar-refractivity contribution in [2.24, 2.45) is 11.3 Å². The standard InChI is InChI=1S/C20H24/c1-5-16-14(2)19(18-13-9-8-12-17(16)18)20(3,4)15-10-6-7-11-15/h6-13,15,19H,5H2,1-4H3. The Balaban J connectivity index is 2.12. The number of hydrogen-bond donors (Lipinski definition) is 0. The maximum atomic E-state index is 2.42. The second kappa shape index (κ2) is 4.77. The van der Waals surface area contributed by atoms with Crippen LogP contribution in [-0.2, 0) is 0 Å². The molecule has 0 radical (unpaired) electrons. The van der Waals surface area contributed by atoms with Crippen LogP contribution in [0.25, 0.3) is 5.57 Å². The van der Waals surface area contributed by atoms with Crippen molar-refractivity contribution in [3.05, 3.63) is 65.3 Å². The highest BCUT2D eigenvalue weighted by Gasteiger charge is 2.42. The first-order valence-corrected chi connectivity index (χ1v) is 7.71. The zero-order valence-electron chi connectivity index (χ0n) is 13.0. The third kappa shape index (κ3) is 1.82. The van der Waals surface area contributed by atoms with E-state index in [9.17, 15) is 0 Å². The van der Waals surface area contributed by atoms with E-state index >= 15 is 0 Å². The van der Waals surface area contributed by atoms with Crippen LogP contribution < -0.4 is 0 Å². The summed E-state index contributed by atoms with van der Waals surface area (Å²) in [6.45, 7) is 9.45. The van der Waals surface area contributed by atoms with Gasteiger partial charge in [-0.3, -0.25) is 0 Å². The molecule has 1 aromatic rings. The van der Waals surface area contributed by atoms with Crippen LogP contribution in [-0.4, -0.2) is 0 Å². The molecule has 0 N–H and O–H groups in total. The summed E-state index contributed by atoms with van der Waals surface area (Å²) in [4.78, 5) is 0. The summed E-state index contributed by atoms with van der Waals surface area (Å²) in [6, 6.07) is 8.99. The lowest BCUT2D eigenvalue weighted by Crippen LogP contribution is -2.28. The molecule has 0 amide bonds. The van der Waals surface area contributed by atoms with E-state index in [0.717, 1.165) is 6.42 Å². The predicted molar refractivity (Wildman–Crippen MR) is 87.6 cm³/mol. The van der Waals surface area contributed by atoms with Crippen LogP contribution in [0.1, 0.15) is 51.2 Å². The smallest absolute Gasteiger partial charge is 0.0117 e. The van der Waals surface area contributed by atoms with E-state index in [-0.39, 0.29) is 5.41 Å². The summed E-state index contributed by atoms with van der Waals surface area (Å²) in [6.07, 6.45) is 10.2. The first-order chi connectivity index (χ1) is 9.57. The minimum absolute atomic E-state index is 0.223. The number of hydrogen-bond acceptors (Lipinski definition) is 0. The van der Waals surface area contributed by atoms with Gasteiger partial charge in [-0.25, -0.2) is 0 Å². The molecule has 0 bridgehead atoms. The molecule has 0 nitrogen and oxygen atoms in total. The van der Waals surface area contributed by atoms with Crippen molar-refractivity contribution < 1.29 is 0 Å². The lowest BCUT2D eigenvalue weighted by Gasteiger charge is -2.37. The lowest BCUT2D eigenvalue weighted by molar-refractivity contribution is 0.263. The van der Waals surface area contributed by atoms with Gasteiger partial charge < -0.3 is 0 Å². The Morgan fingerprint density at radius 3 is 2.35 bits per heavy atom. The molecule has 0 aromatic heterocycles. The quantitative estimate of drug-likeness (QED) is 0.653. The van der Waals surface area contributed by atoms with E-state index in [1.165, 1.54) is 11.1 Å². The van der Waals surface area contributed by atoms with E-state index in [2.05, 4.69) is 76.3 Å². The Morgan fingerprint density at radius 1 is 1.05 bits per heavy atom. The van der Waals surface area contributed by atoms with Gasteiger partial charge in [-0.15, -0.1) is 0 Å². The highest BCUT2D eigenvalue weighted by molar-refractivity contribution is 5.78. The summed E-state index contributed by atoms with van der Waals surface area (Å²) in [5.74, 6) is 1.07. The van der Waals surface area contributed by atoms with Crippen molar-refractivity contribution in [3.63, 3.8) is 0 Å². The molecule has 20 heavy (non-hydrogen) atoms. The minimum Gasteiger partial charge on any atom is -0.0771 e. The van der Waals surface area contributed by atoms with Crippen LogP contribution >= 0.6 is 0 Å². The minimum atomic E-state index is 0.223. The van der Waals surface area contributed by atoms with Crippen molar-refractivity contribution >= 4 is 5.57 Å². The maximum absolute atomic E-state index is 2.42.